The van der Waals surface area contributed by atoms with Gasteiger partial charge in [0.05, 0.1) is 5.75 Å². The second-order valence-corrected chi connectivity index (χ2v) is 5.58. The van der Waals surface area contributed by atoms with Crippen molar-refractivity contribution in [2.75, 3.05) is 16.4 Å². The molecule has 1 rings (SSSR count). The Kier molecular flexibility index (Phi) is 4.42. The highest BCUT2D eigenvalue weighted by molar-refractivity contribution is 7.92. The number of alkyl halides is 1. The van der Waals surface area contributed by atoms with E-state index in [-0.39, 0.29) is 11.7 Å². The van der Waals surface area contributed by atoms with Crippen molar-refractivity contribution in [1.82, 2.24) is 0 Å². The van der Waals surface area contributed by atoms with Crippen molar-refractivity contribution in [3.8, 4) is 0 Å². The van der Waals surface area contributed by atoms with Gasteiger partial charge in [0, 0.05) is 11.6 Å². The zero-order chi connectivity index (χ0) is 11.3. The predicted molar refractivity (Wildman–Crippen MR) is 63.7 cm³/mol. The minimum absolute atomic E-state index is 0.0470. The van der Waals surface area contributed by atoms with Gasteiger partial charge in [-0.15, -0.1) is 11.6 Å². The van der Waals surface area contributed by atoms with E-state index in [1.807, 2.05) is 6.07 Å². The van der Waals surface area contributed by atoms with Gasteiger partial charge >= 0.3 is 0 Å². The highest BCUT2D eigenvalue weighted by atomic mass is 35.5. The molecule has 0 bridgehead atoms. The van der Waals surface area contributed by atoms with E-state index >= 15 is 0 Å². The molecule has 0 spiro atoms. The van der Waals surface area contributed by atoms with Crippen LogP contribution >= 0.6 is 11.6 Å². The summed E-state index contributed by atoms with van der Waals surface area (Å²) < 4.78 is 25.7. The molecular weight excluding hydrogens is 234 g/mol. The Morgan fingerprint density at radius 3 is 2.47 bits per heavy atom. The van der Waals surface area contributed by atoms with Gasteiger partial charge < -0.3 is 0 Å². The van der Waals surface area contributed by atoms with E-state index < -0.39 is 10.0 Å². The van der Waals surface area contributed by atoms with E-state index in [4.69, 9.17) is 11.6 Å². The summed E-state index contributed by atoms with van der Waals surface area (Å²) in [5, 5.41) is 0. The van der Waals surface area contributed by atoms with Crippen LogP contribution in [0, 0.1) is 5.92 Å². The van der Waals surface area contributed by atoms with E-state index in [0.717, 1.165) is 0 Å². The molecule has 0 aliphatic rings. The lowest BCUT2D eigenvalue weighted by atomic mass is 10.3. The number of hydrogen-bond acceptors (Lipinski definition) is 2. The minimum atomic E-state index is -3.28. The average molecular weight is 248 g/mol. The van der Waals surface area contributed by atoms with Gasteiger partial charge in [-0.25, -0.2) is 8.42 Å². The molecule has 15 heavy (non-hydrogen) atoms. The molecule has 1 atom stereocenters. The van der Waals surface area contributed by atoms with Gasteiger partial charge in [0.2, 0.25) is 10.0 Å². The molecule has 0 aliphatic heterocycles. The van der Waals surface area contributed by atoms with Crippen LogP contribution in [0.25, 0.3) is 0 Å². The summed E-state index contributed by atoms with van der Waals surface area (Å²) >= 11 is 5.57. The van der Waals surface area contributed by atoms with Crippen LogP contribution in [0.2, 0.25) is 0 Å². The number of sulfonamides is 1. The van der Waals surface area contributed by atoms with E-state index in [1.165, 1.54) is 0 Å². The summed E-state index contributed by atoms with van der Waals surface area (Å²) in [6.45, 7) is 1.80. The van der Waals surface area contributed by atoms with Gasteiger partial charge in [-0.1, -0.05) is 25.1 Å². The smallest absolute Gasteiger partial charge is 0.233 e. The summed E-state index contributed by atoms with van der Waals surface area (Å²) in [5.41, 5.74) is 0.583. The average Bonchev–Trinajstić information content (AvgIpc) is 2.17. The van der Waals surface area contributed by atoms with Gasteiger partial charge in [-0.3, -0.25) is 4.72 Å². The lowest BCUT2D eigenvalue weighted by Crippen LogP contribution is -2.22. The van der Waals surface area contributed by atoms with Crippen molar-refractivity contribution in [3.05, 3.63) is 30.3 Å². The third-order valence-electron chi connectivity index (χ3n) is 1.81. The molecule has 5 heteroatoms. The maximum atomic E-state index is 11.6. The van der Waals surface area contributed by atoms with Crippen LogP contribution in [0.3, 0.4) is 0 Å². The molecule has 0 saturated carbocycles. The fourth-order valence-corrected chi connectivity index (χ4v) is 2.83. The molecule has 1 aromatic carbocycles. The lowest BCUT2D eigenvalue weighted by Gasteiger charge is -2.10. The fourth-order valence-electron chi connectivity index (χ4n) is 1.15. The Labute approximate surface area is 95.5 Å². The quantitative estimate of drug-likeness (QED) is 0.812. The van der Waals surface area contributed by atoms with Gasteiger partial charge in [0.25, 0.3) is 0 Å². The van der Waals surface area contributed by atoms with Crippen LogP contribution in [0.4, 0.5) is 5.69 Å². The molecule has 0 radical (unpaired) electrons. The third kappa shape index (κ3) is 4.53. The molecule has 0 aliphatic carbocycles. The van der Waals surface area contributed by atoms with E-state index in [9.17, 15) is 8.42 Å². The molecule has 3 nitrogen and oxygen atoms in total. The number of anilines is 1. The Hall–Kier alpha value is -0.740. The molecule has 1 unspecified atom stereocenters. The highest BCUT2D eigenvalue weighted by Gasteiger charge is 2.14. The maximum Gasteiger partial charge on any atom is 0.233 e. The van der Waals surface area contributed by atoms with Crippen molar-refractivity contribution in [3.63, 3.8) is 0 Å². The summed E-state index contributed by atoms with van der Waals surface area (Å²) in [6.07, 6.45) is 0. The second kappa shape index (κ2) is 5.37. The van der Waals surface area contributed by atoms with Crippen molar-refractivity contribution in [2.45, 2.75) is 6.92 Å². The Bertz CT molecular complexity index is 391. The Morgan fingerprint density at radius 2 is 1.93 bits per heavy atom. The van der Waals surface area contributed by atoms with Crippen LogP contribution in [0.15, 0.2) is 30.3 Å². The lowest BCUT2D eigenvalue weighted by molar-refractivity contribution is 0.588. The monoisotopic (exact) mass is 247 g/mol. The van der Waals surface area contributed by atoms with Crippen molar-refractivity contribution in [1.29, 1.82) is 0 Å². The predicted octanol–water partition coefficient (Wildman–Crippen LogP) is 2.30. The normalized spacial score (nSPS) is 13.5. The topological polar surface area (TPSA) is 46.2 Å². The summed E-state index contributed by atoms with van der Waals surface area (Å²) in [6, 6.07) is 8.82. The number of rotatable bonds is 5. The summed E-state index contributed by atoms with van der Waals surface area (Å²) in [4.78, 5) is 0. The zero-order valence-corrected chi connectivity index (χ0v) is 10.1. The maximum absolute atomic E-state index is 11.6. The molecule has 0 fully saturated rings. The van der Waals surface area contributed by atoms with E-state index in [1.54, 1.807) is 31.2 Å². The summed E-state index contributed by atoms with van der Waals surface area (Å²) in [5.74, 6) is 0.342. The fraction of sp³-hybridized carbons (Fsp3) is 0.400. The second-order valence-electron chi connectivity index (χ2n) is 3.51. The molecule has 0 amide bonds. The number of benzene rings is 1. The van der Waals surface area contributed by atoms with E-state index in [2.05, 4.69) is 4.72 Å². The van der Waals surface area contributed by atoms with Gasteiger partial charge in [-0.2, -0.15) is 0 Å². The van der Waals surface area contributed by atoms with Crippen molar-refractivity contribution in [2.24, 2.45) is 5.92 Å². The Balaban J connectivity index is 2.65. The van der Waals surface area contributed by atoms with Crippen molar-refractivity contribution < 1.29 is 8.42 Å². The molecule has 1 N–H and O–H groups in total. The number of para-hydroxylation sites is 1. The van der Waals surface area contributed by atoms with Crippen LogP contribution in [-0.2, 0) is 10.0 Å². The Morgan fingerprint density at radius 1 is 1.33 bits per heavy atom. The molecular formula is C10H14ClNO2S. The first-order chi connectivity index (χ1) is 7.03. The number of nitrogens with one attached hydrogen (secondary N) is 1. The molecule has 0 heterocycles. The van der Waals surface area contributed by atoms with Crippen LogP contribution in [0.1, 0.15) is 6.92 Å². The molecule has 0 saturated heterocycles. The van der Waals surface area contributed by atoms with Gasteiger partial charge in [0.15, 0.2) is 0 Å². The van der Waals surface area contributed by atoms with Crippen LogP contribution in [-0.4, -0.2) is 20.1 Å². The molecule has 84 valence electrons. The highest BCUT2D eigenvalue weighted by Crippen LogP contribution is 2.10. The van der Waals surface area contributed by atoms with Gasteiger partial charge in [0.1, 0.15) is 0 Å². The zero-order valence-electron chi connectivity index (χ0n) is 8.48. The largest absolute Gasteiger partial charge is 0.284 e. The van der Waals surface area contributed by atoms with Crippen LogP contribution in [0.5, 0.6) is 0 Å². The minimum Gasteiger partial charge on any atom is -0.284 e. The molecule has 0 aromatic heterocycles. The van der Waals surface area contributed by atoms with E-state index in [0.29, 0.717) is 11.6 Å². The third-order valence-corrected chi connectivity index (χ3v) is 3.90. The van der Waals surface area contributed by atoms with Crippen molar-refractivity contribution >= 4 is 27.3 Å². The number of hydrogen-bond donors (Lipinski definition) is 1. The first-order valence-electron chi connectivity index (χ1n) is 4.65. The van der Waals surface area contributed by atoms with Gasteiger partial charge in [-0.05, 0) is 18.1 Å². The SMILES string of the molecule is CC(CCl)CS(=O)(=O)Nc1ccccc1. The first-order valence-corrected chi connectivity index (χ1v) is 6.83. The first kappa shape index (κ1) is 12.3. The summed E-state index contributed by atoms with van der Waals surface area (Å²) in [7, 11) is -3.28. The number of halogens is 1. The standard InChI is InChI=1S/C10H14ClNO2S/c1-9(7-11)8-15(13,14)12-10-5-3-2-4-6-10/h2-6,9,12H,7-8H2,1H3. The van der Waals surface area contributed by atoms with Crippen LogP contribution < -0.4 is 4.72 Å². The molecule has 1 aromatic rings.